The SMILES string of the molecule is CCOCc1nc([C@@H]2CCCN2)cs1. The summed E-state index contributed by atoms with van der Waals surface area (Å²) in [6, 6.07) is 0.488. The summed E-state index contributed by atoms with van der Waals surface area (Å²) >= 11 is 1.70. The first-order valence-electron chi connectivity index (χ1n) is 5.15. The van der Waals surface area contributed by atoms with Gasteiger partial charge in [0.1, 0.15) is 5.01 Å². The van der Waals surface area contributed by atoms with Crippen LogP contribution in [-0.2, 0) is 11.3 Å². The van der Waals surface area contributed by atoms with Gasteiger partial charge in [-0.3, -0.25) is 0 Å². The van der Waals surface area contributed by atoms with Gasteiger partial charge >= 0.3 is 0 Å². The van der Waals surface area contributed by atoms with Gasteiger partial charge in [0.15, 0.2) is 0 Å². The lowest BCUT2D eigenvalue weighted by Gasteiger charge is -2.04. The van der Waals surface area contributed by atoms with Gasteiger partial charge in [0.05, 0.1) is 18.3 Å². The highest BCUT2D eigenvalue weighted by Gasteiger charge is 2.18. The number of rotatable bonds is 4. The van der Waals surface area contributed by atoms with E-state index >= 15 is 0 Å². The fourth-order valence-electron chi connectivity index (χ4n) is 1.68. The van der Waals surface area contributed by atoms with E-state index in [4.69, 9.17) is 4.74 Å². The highest BCUT2D eigenvalue weighted by atomic mass is 32.1. The van der Waals surface area contributed by atoms with E-state index in [0.717, 1.165) is 18.2 Å². The lowest BCUT2D eigenvalue weighted by molar-refractivity contribution is 0.133. The van der Waals surface area contributed by atoms with Crippen molar-refractivity contribution in [3.05, 3.63) is 16.1 Å². The molecule has 14 heavy (non-hydrogen) atoms. The van der Waals surface area contributed by atoms with Crippen LogP contribution in [0.4, 0.5) is 0 Å². The number of nitrogens with one attached hydrogen (secondary N) is 1. The third kappa shape index (κ3) is 2.32. The second-order valence-electron chi connectivity index (χ2n) is 3.45. The molecule has 0 saturated carbocycles. The van der Waals surface area contributed by atoms with Crippen molar-refractivity contribution < 1.29 is 4.74 Å². The first-order valence-corrected chi connectivity index (χ1v) is 6.03. The van der Waals surface area contributed by atoms with Crippen molar-refractivity contribution in [2.45, 2.75) is 32.4 Å². The molecule has 1 aromatic rings. The molecule has 2 rings (SSSR count). The second kappa shape index (κ2) is 4.87. The standard InChI is InChI=1S/C10H16N2OS/c1-2-13-6-10-12-9(7-14-10)8-4-3-5-11-8/h7-8,11H,2-6H2,1H3/t8-/m0/s1. The smallest absolute Gasteiger partial charge is 0.119 e. The van der Waals surface area contributed by atoms with E-state index in [0.29, 0.717) is 12.6 Å². The van der Waals surface area contributed by atoms with Crippen LogP contribution in [0.3, 0.4) is 0 Å². The molecule has 0 radical (unpaired) electrons. The van der Waals surface area contributed by atoms with Gasteiger partial charge in [0.2, 0.25) is 0 Å². The average molecular weight is 212 g/mol. The maximum absolute atomic E-state index is 5.32. The van der Waals surface area contributed by atoms with Crippen LogP contribution in [0.5, 0.6) is 0 Å². The molecule has 0 bridgehead atoms. The van der Waals surface area contributed by atoms with Crippen LogP contribution in [0.25, 0.3) is 0 Å². The van der Waals surface area contributed by atoms with E-state index in [1.165, 1.54) is 18.5 Å². The molecule has 4 heteroatoms. The Hall–Kier alpha value is -0.450. The Morgan fingerprint density at radius 1 is 1.71 bits per heavy atom. The lowest BCUT2D eigenvalue weighted by Crippen LogP contribution is -2.13. The fraction of sp³-hybridized carbons (Fsp3) is 0.700. The van der Waals surface area contributed by atoms with Crippen molar-refractivity contribution in [3.63, 3.8) is 0 Å². The summed E-state index contributed by atoms with van der Waals surface area (Å²) in [5, 5.41) is 6.69. The number of ether oxygens (including phenoxy) is 1. The van der Waals surface area contributed by atoms with Crippen LogP contribution >= 0.6 is 11.3 Å². The molecule has 0 spiro atoms. The molecule has 0 aliphatic carbocycles. The maximum Gasteiger partial charge on any atom is 0.119 e. The number of thiazole rings is 1. The average Bonchev–Trinajstić information content (AvgIpc) is 2.85. The molecule has 0 aromatic carbocycles. The lowest BCUT2D eigenvalue weighted by atomic mass is 10.2. The minimum Gasteiger partial charge on any atom is -0.375 e. The van der Waals surface area contributed by atoms with E-state index in [9.17, 15) is 0 Å². The summed E-state index contributed by atoms with van der Waals surface area (Å²) in [4.78, 5) is 4.56. The summed E-state index contributed by atoms with van der Waals surface area (Å²) in [5.74, 6) is 0. The van der Waals surface area contributed by atoms with Gasteiger partial charge in [0.25, 0.3) is 0 Å². The summed E-state index contributed by atoms with van der Waals surface area (Å²) in [6.45, 7) is 4.56. The zero-order chi connectivity index (χ0) is 9.80. The van der Waals surface area contributed by atoms with Crippen molar-refractivity contribution >= 4 is 11.3 Å². The van der Waals surface area contributed by atoms with Gasteiger partial charge in [-0.25, -0.2) is 4.98 Å². The third-order valence-electron chi connectivity index (χ3n) is 2.42. The monoisotopic (exact) mass is 212 g/mol. The van der Waals surface area contributed by atoms with E-state index in [2.05, 4.69) is 15.7 Å². The zero-order valence-electron chi connectivity index (χ0n) is 8.45. The van der Waals surface area contributed by atoms with Crippen molar-refractivity contribution in [1.29, 1.82) is 0 Å². The molecule has 1 aliphatic heterocycles. The predicted octanol–water partition coefficient (Wildman–Crippen LogP) is 2.10. The number of hydrogen-bond donors (Lipinski definition) is 1. The van der Waals surface area contributed by atoms with Gasteiger partial charge in [0, 0.05) is 12.0 Å². The minimum absolute atomic E-state index is 0.488. The first-order chi connectivity index (χ1) is 6.90. The van der Waals surface area contributed by atoms with Gasteiger partial charge in [-0.1, -0.05) is 0 Å². The Morgan fingerprint density at radius 3 is 3.36 bits per heavy atom. The summed E-state index contributed by atoms with van der Waals surface area (Å²) in [5.41, 5.74) is 1.20. The second-order valence-corrected chi connectivity index (χ2v) is 4.39. The Kier molecular flexibility index (Phi) is 3.50. The minimum atomic E-state index is 0.488. The number of nitrogens with zero attached hydrogens (tertiary/aromatic N) is 1. The largest absolute Gasteiger partial charge is 0.375 e. The molecule has 1 fully saturated rings. The van der Waals surface area contributed by atoms with Crippen molar-refractivity contribution in [1.82, 2.24) is 10.3 Å². The normalized spacial score (nSPS) is 21.6. The highest BCUT2D eigenvalue weighted by Crippen LogP contribution is 2.24. The molecule has 0 unspecified atom stereocenters. The molecule has 1 atom stereocenters. The molecule has 0 amide bonds. The van der Waals surface area contributed by atoms with Gasteiger partial charge in [-0.15, -0.1) is 11.3 Å². The van der Waals surface area contributed by atoms with Crippen LogP contribution in [0, 0.1) is 0 Å². The third-order valence-corrected chi connectivity index (χ3v) is 3.26. The van der Waals surface area contributed by atoms with Crippen LogP contribution < -0.4 is 5.32 Å². The molecular weight excluding hydrogens is 196 g/mol. The van der Waals surface area contributed by atoms with Crippen LogP contribution in [0.2, 0.25) is 0 Å². The van der Waals surface area contributed by atoms with E-state index in [-0.39, 0.29) is 0 Å². The topological polar surface area (TPSA) is 34.1 Å². The summed E-state index contributed by atoms with van der Waals surface area (Å²) in [6.07, 6.45) is 2.49. The van der Waals surface area contributed by atoms with Crippen LogP contribution in [0.15, 0.2) is 5.38 Å². The molecule has 1 aromatic heterocycles. The quantitative estimate of drug-likeness (QED) is 0.830. The number of hydrogen-bond acceptors (Lipinski definition) is 4. The fourth-order valence-corrected chi connectivity index (χ4v) is 2.46. The molecule has 1 aliphatic rings. The zero-order valence-corrected chi connectivity index (χ0v) is 9.27. The molecular formula is C10H16N2OS. The summed E-state index contributed by atoms with van der Waals surface area (Å²) in [7, 11) is 0. The van der Waals surface area contributed by atoms with Crippen molar-refractivity contribution in [3.8, 4) is 0 Å². The Balaban J connectivity index is 1.94. The number of aromatic nitrogens is 1. The van der Waals surface area contributed by atoms with Gasteiger partial charge in [-0.2, -0.15) is 0 Å². The van der Waals surface area contributed by atoms with Crippen molar-refractivity contribution in [2.75, 3.05) is 13.2 Å². The van der Waals surface area contributed by atoms with E-state index in [1.807, 2.05) is 6.92 Å². The summed E-state index contributed by atoms with van der Waals surface area (Å²) < 4.78 is 5.32. The molecule has 1 N–H and O–H groups in total. The van der Waals surface area contributed by atoms with Gasteiger partial charge in [-0.05, 0) is 26.3 Å². The Morgan fingerprint density at radius 2 is 2.64 bits per heavy atom. The molecule has 3 nitrogen and oxygen atoms in total. The molecule has 78 valence electrons. The predicted molar refractivity (Wildman–Crippen MR) is 57.4 cm³/mol. The van der Waals surface area contributed by atoms with Crippen molar-refractivity contribution in [2.24, 2.45) is 0 Å². The van der Waals surface area contributed by atoms with Gasteiger partial charge < -0.3 is 10.1 Å². The van der Waals surface area contributed by atoms with Crippen LogP contribution in [0.1, 0.15) is 36.5 Å². The van der Waals surface area contributed by atoms with Crippen LogP contribution in [-0.4, -0.2) is 18.1 Å². The maximum atomic E-state index is 5.32. The first kappa shape index (κ1) is 10.1. The van der Waals surface area contributed by atoms with E-state index < -0.39 is 0 Å². The Bertz CT molecular complexity index is 281. The van der Waals surface area contributed by atoms with E-state index in [1.54, 1.807) is 11.3 Å². The molecule has 1 saturated heterocycles. The Labute approximate surface area is 88.5 Å². The highest BCUT2D eigenvalue weighted by molar-refractivity contribution is 7.09. The molecule has 2 heterocycles.